The monoisotopic (exact) mass is 1400 g/mol. The van der Waals surface area contributed by atoms with Gasteiger partial charge in [-0.25, -0.2) is 9.13 Å². The lowest BCUT2D eigenvalue weighted by Crippen LogP contribution is -2.30. The average molecular weight is 1400 g/mol. The molecule has 0 bridgehead atoms. The fraction of sp³-hybridized carbons (Fsp3) is 0.792. The first-order valence-electron chi connectivity index (χ1n) is 38.2. The number of aliphatic hydroxyl groups is 1. The van der Waals surface area contributed by atoms with Crippen LogP contribution in [0.25, 0.3) is 0 Å². The van der Waals surface area contributed by atoms with Gasteiger partial charge in [-0.1, -0.05) is 274 Å². The molecule has 5 unspecified atom stereocenters. The van der Waals surface area contributed by atoms with Gasteiger partial charge in [0.1, 0.15) is 19.3 Å². The Morgan fingerprint density at radius 3 is 0.885 bits per heavy atom. The Hall–Kier alpha value is -3.50. The van der Waals surface area contributed by atoms with E-state index in [1.165, 1.54) is 83.5 Å². The lowest BCUT2D eigenvalue weighted by atomic mass is 10.0. The molecular weight excluding hydrogens is 1260 g/mol. The summed E-state index contributed by atoms with van der Waals surface area (Å²) in [6, 6.07) is 0. The van der Waals surface area contributed by atoms with Gasteiger partial charge in [-0.2, -0.15) is 0 Å². The van der Waals surface area contributed by atoms with Crippen LogP contribution in [0, 0.1) is 0 Å². The van der Waals surface area contributed by atoms with Crippen LogP contribution in [-0.4, -0.2) is 96.7 Å². The van der Waals surface area contributed by atoms with Crippen LogP contribution in [0.1, 0.15) is 336 Å². The minimum absolute atomic E-state index is 0.0838. The summed E-state index contributed by atoms with van der Waals surface area (Å²) in [6.07, 6.45) is 68.9. The Labute approximate surface area is 583 Å². The SMILES string of the molecule is CCC/C=C\C/C=C\CCCCCCCC(=O)OCC(COP(=O)(O)OCC(O)COP(=O)(O)OCC(COC(=O)CCCCCCCC/C=C\C/C=C\C/C=C\CCCCC)OC(=O)CCCCCCCCCCCCCCC)OC(=O)CCCCCCC/C=C\CCCC. The molecule has 0 spiro atoms. The highest BCUT2D eigenvalue weighted by molar-refractivity contribution is 7.47. The summed E-state index contributed by atoms with van der Waals surface area (Å²) in [5.41, 5.74) is 0. The molecule has 0 aliphatic rings. The Kier molecular flexibility index (Phi) is 67.4. The molecule has 0 radical (unpaired) electrons. The molecule has 96 heavy (non-hydrogen) atoms. The third-order valence-corrected chi connectivity index (χ3v) is 18.0. The van der Waals surface area contributed by atoms with Crippen LogP contribution in [-0.2, 0) is 65.4 Å². The molecule has 0 aromatic carbocycles. The van der Waals surface area contributed by atoms with Crippen molar-refractivity contribution in [2.45, 2.75) is 354 Å². The third-order valence-electron chi connectivity index (χ3n) is 16.1. The number of hydrogen-bond donors (Lipinski definition) is 3. The van der Waals surface area contributed by atoms with E-state index in [-0.39, 0.29) is 25.7 Å². The van der Waals surface area contributed by atoms with Gasteiger partial charge in [0.2, 0.25) is 0 Å². The summed E-state index contributed by atoms with van der Waals surface area (Å²) in [5, 5.41) is 10.6. The van der Waals surface area contributed by atoms with Gasteiger partial charge < -0.3 is 33.8 Å². The molecule has 0 fully saturated rings. The molecule has 0 aromatic rings. The number of ether oxygens (including phenoxy) is 4. The van der Waals surface area contributed by atoms with E-state index in [4.69, 9.17) is 37.0 Å². The van der Waals surface area contributed by atoms with Gasteiger partial charge in [-0.05, 0) is 109 Å². The van der Waals surface area contributed by atoms with Gasteiger partial charge >= 0.3 is 39.5 Å². The van der Waals surface area contributed by atoms with E-state index in [2.05, 4.69) is 101 Å². The lowest BCUT2D eigenvalue weighted by molar-refractivity contribution is -0.161. The van der Waals surface area contributed by atoms with E-state index in [0.29, 0.717) is 25.7 Å². The zero-order valence-electron chi connectivity index (χ0n) is 60.8. The molecule has 0 rings (SSSR count). The number of unbranched alkanes of at least 4 members (excludes halogenated alkanes) is 34. The van der Waals surface area contributed by atoms with Crippen molar-refractivity contribution in [2.75, 3.05) is 39.6 Å². The highest BCUT2D eigenvalue weighted by Gasteiger charge is 2.30. The first kappa shape index (κ1) is 92.5. The molecule has 0 amide bonds. The summed E-state index contributed by atoms with van der Waals surface area (Å²) in [7, 11) is -9.94. The maximum Gasteiger partial charge on any atom is 0.472 e. The number of carbonyl (C=O) groups excluding carboxylic acids is 4. The largest absolute Gasteiger partial charge is 0.472 e. The summed E-state index contributed by atoms with van der Waals surface area (Å²) < 4.78 is 68.4. The van der Waals surface area contributed by atoms with Crippen LogP contribution >= 0.6 is 15.6 Å². The van der Waals surface area contributed by atoms with Gasteiger partial charge in [0.05, 0.1) is 26.4 Å². The second-order valence-electron chi connectivity index (χ2n) is 25.6. The second kappa shape index (κ2) is 70.0. The van der Waals surface area contributed by atoms with E-state index in [9.17, 15) is 43.2 Å². The Morgan fingerprint density at radius 2 is 0.542 bits per heavy atom. The number of phosphoric acid groups is 2. The maximum atomic E-state index is 13.1. The van der Waals surface area contributed by atoms with Gasteiger partial charge in [0, 0.05) is 25.7 Å². The first-order valence-corrected chi connectivity index (χ1v) is 41.2. The molecule has 5 atom stereocenters. The summed E-state index contributed by atoms with van der Waals surface area (Å²) in [5.74, 6) is -2.19. The molecule has 0 heterocycles. The van der Waals surface area contributed by atoms with Gasteiger partial charge in [-0.3, -0.25) is 37.3 Å². The highest BCUT2D eigenvalue weighted by Crippen LogP contribution is 2.45. The van der Waals surface area contributed by atoms with E-state index in [1.807, 2.05) is 0 Å². The lowest BCUT2D eigenvalue weighted by Gasteiger charge is -2.21. The fourth-order valence-electron chi connectivity index (χ4n) is 10.2. The topological polar surface area (TPSA) is 237 Å². The molecule has 0 aliphatic heterocycles. The molecule has 0 aliphatic carbocycles. The van der Waals surface area contributed by atoms with Crippen molar-refractivity contribution >= 4 is 39.5 Å². The van der Waals surface area contributed by atoms with Gasteiger partial charge in [0.25, 0.3) is 0 Å². The van der Waals surface area contributed by atoms with E-state index in [0.717, 1.165) is 173 Å². The maximum absolute atomic E-state index is 13.1. The van der Waals surface area contributed by atoms with E-state index >= 15 is 0 Å². The normalized spacial score (nSPS) is 14.4. The molecule has 17 nitrogen and oxygen atoms in total. The molecule has 0 aromatic heterocycles. The van der Waals surface area contributed by atoms with Crippen LogP contribution in [0.2, 0.25) is 0 Å². The van der Waals surface area contributed by atoms with Crippen LogP contribution in [0.5, 0.6) is 0 Å². The van der Waals surface area contributed by atoms with Crippen molar-refractivity contribution in [3.05, 3.63) is 72.9 Å². The summed E-state index contributed by atoms with van der Waals surface area (Å²) in [4.78, 5) is 72.7. The molecule has 19 heteroatoms. The zero-order chi connectivity index (χ0) is 70.4. The molecule has 0 saturated heterocycles. The minimum atomic E-state index is -4.97. The quantitative estimate of drug-likeness (QED) is 0.0169. The van der Waals surface area contributed by atoms with Crippen molar-refractivity contribution in [1.82, 2.24) is 0 Å². The number of carbonyl (C=O) groups is 4. The smallest absolute Gasteiger partial charge is 0.462 e. The number of allylic oxidation sites excluding steroid dienone is 12. The Balaban J connectivity index is 5.30. The predicted molar refractivity (Wildman–Crippen MR) is 390 cm³/mol. The first-order chi connectivity index (χ1) is 46.7. The van der Waals surface area contributed by atoms with Crippen molar-refractivity contribution in [1.29, 1.82) is 0 Å². The Morgan fingerprint density at radius 1 is 0.292 bits per heavy atom. The molecule has 3 N–H and O–H groups in total. The van der Waals surface area contributed by atoms with E-state index < -0.39 is 97.5 Å². The fourth-order valence-corrected chi connectivity index (χ4v) is 11.8. The number of rotatable bonds is 72. The molecule has 558 valence electrons. The van der Waals surface area contributed by atoms with Crippen LogP contribution in [0.15, 0.2) is 72.9 Å². The Bertz CT molecular complexity index is 2110. The van der Waals surface area contributed by atoms with Crippen LogP contribution in [0.4, 0.5) is 0 Å². The van der Waals surface area contributed by atoms with Gasteiger partial charge in [0.15, 0.2) is 12.2 Å². The van der Waals surface area contributed by atoms with E-state index in [1.54, 1.807) is 0 Å². The van der Waals surface area contributed by atoms with Crippen molar-refractivity contribution in [2.24, 2.45) is 0 Å². The summed E-state index contributed by atoms with van der Waals surface area (Å²) >= 11 is 0. The standard InChI is InChI=1S/C77H138O17P2/c1-5-9-13-17-21-25-29-32-33-34-35-36-37-40-43-46-50-54-58-62-75(80)88-68-73(94-77(82)64-60-56-52-48-44-39-31-27-23-19-15-11-7-3)70-92-96(85,86)90-66-71(78)65-89-95(83,84)91-69-72(93-76(81)63-59-55-51-47-41-28-24-20-16-12-8-4)67-87-74(79)61-57-53-49-45-42-38-30-26-22-18-14-10-6-2/h14,18,20-21,24-26,30,32-33,35-36,71-73,78H,5-13,15-17,19,22-23,27-29,31,34,37-70H2,1-4H3,(H,83,84)(H,85,86)/b18-14-,24-20-,25-21-,30-26-,33-32-,36-35-. The van der Waals surface area contributed by atoms with Crippen LogP contribution < -0.4 is 0 Å². The third kappa shape index (κ3) is 69.0. The van der Waals surface area contributed by atoms with Crippen LogP contribution in [0.3, 0.4) is 0 Å². The highest BCUT2D eigenvalue weighted by atomic mass is 31.2. The van der Waals surface area contributed by atoms with Gasteiger partial charge in [-0.15, -0.1) is 0 Å². The van der Waals surface area contributed by atoms with Crippen molar-refractivity contribution < 1.29 is 80.2 Å². The average Bonchev–Trinajstić information content (AvgIpc) is 1.22. The predicted octanol–water partition coefficient (Wildman–Crippen LogP) is 21.7. The number of esters is 4. The zero-order valence-corrected chi connectivity index (χ0v) is 62.6. The number of phosphoric ester groups is 2. The summed E-state index contributed by atoms with van der Waals surface area (Å²) in [6.45, 7) is 4.74. The molecular formula is C77H138O17P2. The second-order valence-corrected chi connectivity index (χ2v) is 28.5. The number of hydrogen-bond acceptors (Lipinski definition) is 15. The minimum Gasteiger partial charge on any atom is -0.462 e. The van der Waals surface area contributed by atoms with Crippen molar-refractivity contribution in [3.63, 3.8) is 0 Å². The number of aliphatic hydroxyl groups excluding tert-OH is 1. The van der Waals surface area contributed by atoms with Crippen molar-refractivity contribution in [3.8, 4) is 0 Å². The molecule has 0 saturated carbocycles.